The van der Waals surface area contributed by atoms with E-state index in [2.05, 4.69) is 25.8 Å². The van der Waals surface area contributed by atoms with Gasteiger partial charge >= 0.3 is 0 Å². The van der Waals surface area contributed by atoms with E-state index in [9.17, 15) is 56.9 Å². The van der Waals surface area contributed by atoms with E-state index in [1.165, 1.54) is 32.1 Å². The number of ketones is 3. The van der Waals surface area contributed by atoms with Crippen LogP contribution in [0.3, 0.4) is 0 Å². The minimum atomic E-state index is -2.84. The van der Waals surface area contributed by atoms with Gasteiger partial charge in [0.15, 0.2) is 17.3 Å². The summed E-state index contributed by atoms with van der Waals surface area (Å²) >= 11 is 32.2. The van der Waals surface area contributed by atoms with Gasteiger partial charge in [-0.1, -0.05) is 140 Å². The van der Waals surface area contributed by atoms with E-state index >= 15 is 0 Å². The lowest BCUT2D eigenvalue weighted by Crippen LogP contribution is -2.48. The number of alkyl halides is 4. The summed E-state index contributed by atoms with van der Waals surface area (Å²) in [5.41, 5.74) is 2.27. The van der Waals surface area contributed by atoms with Crippen LogP contribution in [-0.4, -0.2) is 161 Å². The maximum atomic E-state index is 14.0. The average Bonchev–Trinajstić information content (AvgIpc) is 1.63. The van der Waals surface area contributed by atoms with Crippen molar-refractivity contribution in [3.63, 3.8) is 0 Å². The number of Topliss-reactive ketones (excluding diaryl/α,β-unsaturated/α-hetero) is 3. The summed E-state index contributed by atoms with van der Waals surface area (Å²) in [5.74, 6) is -2.57. The molecule has 29 heteroatoms. The number of ether oxygens (including phenoxy) is 5. The number of amides is 2. The van der Waals surface area contributed by atoms with Gasteiger partial charge in [-0.25, -0.2) is 17.6 Å². The average molecular weight is 1990 g/mol. The molecule has 5 aliphatic heterocycles. The van der Waals surface area contributed by atoms with Crippen molar-refractivity contribution in [2.24, 2.45) is 23.7 Å². The number of halogens is 9. The van der Waals surface area contributed by atoms with Gasteiger partial charge in [-0.15, -0.1) is 0 Å². The third-order valence-electron chi connectivity index (χ3n) is 31.1. The van der Waals surface area contributed by atoms with Crippen molar-refractivity contribution in [1.29, 1.82) is 0 Å². The van der Waals surface area contributed by atoms with Gasteiger partial charge in [-0.3, -0.25) is 24.0 Å². The molecule has 20 rings (SSSR count). The Morgan fingerprint density at radius 1 is 0.409 bits per heavy atom. The van der Waals surface area contributed by atoms with Gasteiger partial charge < -0.3 is 72.5 Å². The first kappa shape index (κ1) is 103. The Labute approximate surface area is 825 Å². The fraction of sp³-hybridized carbons (Fsp3) is 0.583. The number of rotatable bonds is 25. The minimum Gasteiger partial charge on any atom is -0.390 e. The minimum absolute atomic E-state index is 0.0203. The van der Waals surface area contributed by atoms with Crippen LogP contribution in [0.4, 0.5) is 17.6 Å². The molecular weight excluding hydrogens is 1860 g/mol. The third kappa shape index (κ3) is 24.4. The lowest BCUT2D eigenvalue weighted by Gasteiger charge is -2.39. The number of nitrogens with one attached hydrogen (secondary N) is 2. The van der Waals surface area contributed by atoms with E-state index in [1.54, 1.807) is 38.2 Å². The molecule has 2 amide bonds. The van der Waals surface area contributed by atoms with Gasteiger partial charge in [0.05, 0.1) is 106 Å². The summed E-state index contributed by atoms with van der Waals surface area (Å²) in [6.45, 7) is 11.1. The van der Waals surface area contributed by atoms with Crippen LogP contribution in [0.2, 0.25) is 25.1 Å². The maximum absolute atomic E-state index is 14.0. The second-order valence-corrected chi connectivity index (χ2v) is 43.4. The molecule has 20 nitrogen and oxygen atoms in total. The first-order valence-electron chi connectivity index (χ1n) is 50.2. The number of carbonyl (C=O) groups excluding carboxylic acids is 5. The van der Waals surface area contributed by atoms with Gasteiger partial charge in [-0.2, -0.15) is 0 Å². The van der Waals surface area contributed by atoms with Crippen molar-refractivity contribution in [3.05, 3.63) is 175 Å². The second kappa shape index (κ2) is 44.6. The van der Waals surface area contributed by atoms with Gasteiger partial charge in [0.25, 0.3) is 11.8 Å². The van der Waals surface area contributed by atoms with Crippen LogP contribution in [0.15, 0.2) is 122 Å². The first-order valence-corrected chi connectivity index (χ1v) is 52.0. The number of fused-ring (bicyclic) bond motifs is 5. The third-order valence-corrected chi connectivity index (χ3v) is 32.7. The molecule has 5 aliphatic carbocycles. The molecule has 5 saturated carbocycles. The molecule has 8 unspecified atom stereocenters. The Morgan fingerprint density at radius 2 is 0.774 bits per heavy atom. The van der Waals surface area contributed by atoms with Gasteiger partial charge in [-0.05, 0) is 260 Å². The standard InChI is InChI=1S/C22H27ClF2N2O3.C22H27ClFNO3.C22H27ClFNO2.C21H27ClN2O3.C21H26ClNO2/c1-21(24,25)14-4-3-8-22(29,10-14)13-26-20(28)16-11-27(15-7-9-30-12-15)18-6-2-5-17(23)19(16)18;1-21(24)9-11-22(27,12-10-21)8-7-18(26)15-14-25(19-6-3-13-28-19)17-5-2-4-16(23)20(15)17;1-22(24)11-9-15(10-12-22)7-8-19(26)16-14-25(20-6-3-13-27-20)18-5-2-4-17(23)21(16)18;1-21(26,14-6-2-3-7-14)13-23-20(25)15-12-24(18-10-5-11-27-18)17-9-4-8-16(22)19(15)17;22-18-7-4-8-19-21(18)17(13-23(19)16-11-12-25-14-16)20(24)10-9-15-5-2-1-3-6-15/h2,5-6,11,14-15,29H,3-4,7-10,12-13H2,1H3,(H,26,28);2,4-5,14,19,27H,3,6-13H2,1H3;2,4-5,14-15,20H,3,6-13H2,1H3;4,8-9,12,14,18,26H,2-3,5-7,10-11,13H2,1H3,(H,23,25);4,7-8,13,15-16H,1-3,5-6,9-12,14H2. The van der Waals surface area contributed by atoms with Crippen molar-refractivity contribution in [3.8, 4) is 0 Å². The Bertz CT molecular complexity index is 5870. The summed E-state index contributed by atoms with van der Waals surface area (Å²) in [4.78, 5) is 65.0. The summed E-state index contributed by atoms with van der Waals surface area (Å²) in [7, 11) is 0. The van der Waals surface area contributed by atoms with Crippen LogP contribution in [0.1, 0.15) is 335 Å². The number of benzene rings is 5. The highest BCUT2D eigenvalue weighted by Gasteiger charge is 2.46. The van der Waals surface area contributed by atoms with Crippen LogP contribution in [0.25, 0.3) is 54.5 Å². The Hall–Kier alpha value is -7.40. The van der Waals surface area contributed by atoms with Crippen LogP contribution >= 0.6 is 58.0 Å². The van der Waals surface area contributed by atoms with Crippen molar-refractivity contribution in [2.45, 2.75) is 317 Å². The smallest absolute Gasteiger partial charge is 0.253 e. The molecule has 742 valence electrons. The topological polar surface area (TPSA) is 241 Å². The van der Waals surface area contributed by atoms with E-state index < -0.39 is 40.0 Å². The van der Waals surface area contributed by atoms with Gasteiger partial charge in [0, 0.05) is 146 Å². The van der Waals surface area contributed by atoms with Crippen LogP contribution < -0.4 is 10.6 Å². The molecule has 5 aromatic heterocycles. The molecule has 10 aromatic rings. The van der Waals surface area contributed by atoms with Crippen molar-refractivity contribution in [1.82, 2.24) is 33.5 Å². The molecule has 0 bridgehead atoms. The van der Waals surface area contributed by atoms with E-state index in [1.807, 2.05) is 112 Å². The monoisotopic (exact) mass is 1990 g/mol. The number of hydrogen-bond donors (Lipinski definition) is 5. The molecule has 5 saturated heterocycles. The van der Waals surface area contributed by atoms with Crippen LogP contribution in [0, 0.1) is 23.7 Å². The van der Waals surface area contributed by atoms with Crippen LogP contribution in [-0.2, 0) is 23.7 Å². The molecule has 0 spiro atoms. The molecule has 137 heavy (non-hydrogen) atoms. The van der Waals surface area contributed by atoms with Crippen LogP contribution in [0.5, 0.6) is 0 Å². The quantitative estimate of drug-likeness (QED) is 0.0265. The number of aromatic nitrogens is 5. The van der Waals surface area contributed by atoms with E-state index in [4.69, 9.17) is 81.7 Å². The SMILES string of the molecule is CC(F)(F)C1CCCC(O)(CNC(=O)c2cn(C3CCOC3)c3cccc(Cl)c23)C1.CC(O)(CNC(=O)c1cn(C2CCCO2)c2cccc(Cl)c12)C1CCCC1.CC1(F)CCC(CCC(=O)c2cn(C3CCCO3)c3cccc(Cl)c23)CC1.CC1(F)CCC(O)(CCC(=O)c2cn(C3CCCO3)c3cccc(Cl)c23)CC1.O=C(CCC1CCCCC1)c1cn(C2CCOC2)c2cccc(Cl)c12. The Morgan fingerprint density at radius 3 is 1.18 bits per heavy atom. The Kier molecular flexibility index (Phi) is 33.4. The number of nitrogens with zero attached hydrogens (tertiary/aromatic N) is 5. The largest absolute Gasteiger partial charge is 0.390 e. The lowest BCUT2D eigenvalue weighted by molar-refractivity contribution is -0.103. The zero-order valence-electron chi connectivity index (χ0n) is 79.4. The predicted octanol–water partition coefficient (Wildman–Crippen LogP) is 26.7. The molecule has 10 aliphatic rings. The summed E-state index contributed by atoms with van der Waals surface area (Å²) in [6.07, 6.45) is 37.0. The normalized spacial score (nSPS) is 26.5. The highest BCUT2D eigenvalue weighted by molar-refractivity contribution is 6.39. The van der Waals surface area contributed by atoms with E-state index in [0.29, 0.717) is 168 Å². The fourth-order valence-electron chi connectivity index (χ4n) is 22.7. The van der Waals surface area contributed by atoms with E-state index in [-0.39, 0.29) is 85.7 Å². The maximum Gasteiger partial charge on any atom is 0.253 e. The number of hydrogen-bond acceptors (Lipinski definition) is 13. The molecule has 10 fully saturated rings. The summed E-state index contributed by atoms with van der Waals surface area (Å²) in [6, 6.07) is 28.9. The molecule has 5 aromatic carbocycles. The van der Waals surface area contributed by atoms with Crippen molar-refractivity contribution < 1.29 is 80.5 Å². The Balaban J connectivity index is 0.000000124. The van der Waals surface area contributed by atoms with Gasteiger partial charge in [0.1, 0.15) is 30.0 Å². The summed E-state index contributed by atoms with van der Waals surface area (Å²) < 4.78 is 94.3. The first-order chi connectivity index (χ1) is 65.6. The number of carbonyl (C=O) groups is 5. The van der Waals surface area contributed by atoms with Crippen molar-refractivity contribution >= 4 is 142 Å². The van der Waals surface area contributed by atoms with E-state index in [0.717, 1.165) is 190 Å². The highest BCUT2D eigenvalue weighted by atomic mass is 35.5. The number of aliphatic hydroxyl groups is 3. The lowest BCUT2D eigenvalue weighted by atomic mass is 9.75. The highest BCUT2D eigenvalue weighted by Crippen LogP contribution is 2.47. The zero-order valence-corrected chi connectivity index (χ0v) is 83.2. The van der Waals surface area contributed by atoms with Gasteiger partial charge in [0.2, 0.25) is 5.92 Å². The molecule has 8 atom stereocenters. The van der Waals surface area contributed by atoms with Crippen molar-refractivity contribution in [2.75, 3.05) is 59.3 Å². The second-order valence-electron chi connectivity index (χ2n) is 41.4. The zero-order chi connectivity index (χ0) is 96.7. The predicted molar refractivity (Wildman–Crippen MR) is 533 cm³/mol. The molecular formula is C108H134Cl5F4N7O13. The molecule has 5 N–H and O–H groups in total. The molecule has 10 heterocycles. The fourth-order valence-corrected chi connectivity index (χ4v) is 24.1. The summed E-state index contributed by atoms with van der Waals surface area (Å²) in [5, 5.41) is 44.9. The molecule has 0 radical (unpaired) electrons.